The smallest absolute Gasteiger partial charge is 0.341 e. The Kier molecular flexibility index (Phi) is 6.28. The highest BCUT2D eigenvalue weighted by molar-refractivity contribution is 5.97. The Morgan fingerprint density at radius 1 is 1.21 bits per heavy atom. The number of hydrogen-bond acceptors (Lipinski definition) is 4. The van der Waals surface area contributed by atoms with Crippen LogP contribution in [0.15, 0.2) is 24.3 Å². The first kappa shape index (κ1) is 17.9. The Balaban J connectivity index is 1.75. The van der Waals surface area contributed by atoms with Gasteiger partial charge in [-0.25, -0.2) is 14.0 Å². The lowest BCUT2D eigenvalue weighted by atomic mass is 9.86. The minimum atomic E-state index is -0.954. The summed E-state index contributed by atoms with van der Waals surface area (Å²) in [6, 6.07) is 4.73. The highest BCUT2D eigenvalue weighted by Gasteiger charge is 2.23. The summed E-state index contributed by atoms with van der Waals surface area (Å²) in [7, 11) is 0. The molecule has 3 amide bonds. The maximum Gasteiger partial charge on any atom is 0.341 e. The molecule has 7 heteroatoms. The zero-order valence-corrected chi connectivity index (χ0v) is 13.5. The van der Waals surface area contributed by atoms with E-state index < -0.39 is 30.3 Å². The Hall–Kier alpha value is -2.44. The summed E-state index contributed by atoms with van der Waals surface area (Å²) in [6.45, 7) is 1.41. The lowest BCUT2D eigenvalue weighted by Crippen LogP contribution is -2.48. The molecule has 0 unspecified atom stereocenters. The minimum Gasteiger partial charge on any atom is -0.452 e. The lowest BCUT2D eigenvalue weighted by molar-refractivity contribution is -0.123. The number of rotatable bonds is 4. The second-order valence-corrected chi connectivity index (χ2v) is 5.95. The number of carbonyl (C=O) groups excluding carboxylic acids is 3. The van der Waals surface area contributed by atoms with Crippen LogP contribution >= 0.6 is 0 Å². The third-order valence-corrected chi connectivity index (χ3v) is 4.11. The van der Waals surface area contributed by atoms with Gasteiger partial charge in [0, 0.05) is 6.04 Å². The van der Waals surface area contributed by atoms with E-state index in [4.69, 9.17) is 4.74 Å². The van der Waals surface area contributed by atoms with Crippen molar-refractivity contribution in [3.63, 3.8) is 0 Å². The van der Waals surface area contributed by atoms with Gasteiger partial charge >= 0.3 is 12.0 Å². The van der Waals surface area contributed by atoms with Crippen LogP contribution in [-0.4, -0.2) is 30.6 Å². The van der Waals surface area contributed by atoms with E-state index in [9.17, 15) is 18.8 Å². The molecule has 2 rings (SSSR count). The Morgan fingerprint density at radius 2 is 1.92 bits per heavy atom. The largest absolute Gasteiger partial charge is 0.452 e. The molecule has 1 aromatic rings. The number of ether oxygens (including phenoxy) is 1. The van der Waals surface area contributed by atoms with Gasteiger partial charge in [0.2, 0.25) is 0 Å². The summed E-state index contributed by atoms with van der Waals surface area (Å²) in [5.74, 6) is -2.09. The predicted octanol–water partition coefficient (Wildman–Crippen LogP) is 2.39. The first-order valence-electron chi connectivity index (χ1n) is 7.99. The van der Waals surface area contributed by atoms with Crippen LogP contribution in [0.2, 0.25) is 0 Å². The summed E-state index contributed by atoms with van der Waals surface area (Å²) in [5.41, 5.74) is -0.259. The first-order chi connectivity index (χ1) is 11.5. The number of carbonyl (C=O) groups is 3. The number of urea groups is 1. The van der Waals surface area contributed by atoms with Crippen LogP contribution in [0.25, 0.3) is 0 Å². The molecule has 2 N–H and O–H groups in total. The molecule has 24 heavy (non-hydrogen) atoms. The van der Waals surface area contributed by atoms with Gasteiger partial charge in [0.05, 0.1) is 5.56 Å². The molecule has 1 fully saturated rings. The summed E-state index contributed by atoms with van der Waals surface area (Å²) in [4.78, 5) is 35.1. The SMILES string of the molecule is C[C@@H]1CCCC[C@@H]1NC(=O)NC(=O)COC(=O)c1ccccc1F. The molecule has 0 heterocycles. The quantitative estimate of drug-likeness (QED) is 0.827. The standard InChI is InChI=1S/C17H21FN2O4/c1-11-6-2-5-9-14(11)19-17(23)20-15(21)10-24-16(22)12-7-3-4-8-13(12)18/h3-4,7-8,11,14H,2,5-6,9-10H2,1H3,(H2,19,20,21,23)/t11-,14+/m1/s1. The van der Waals surface area contributed by atoms with Crippen molar-refractivity contribution in [1.29, 1.82) is 0 Å². The molecular weight excluding hydrogens is 315 g/mol. The van der Waals surface area contributed by atoms with Crippen molar-refractivity contribution < 1.29 is 23.5 Å². The Morgan fingerprint density at radius 3 is 2.62 bits per heavy atom. The van der Waals surface area contributed by atoms with Crippen molar-refractivity contribution in [1.82, 2.24) is 10.6 Å². The number of benzene rings is 1. The summed E-state index contributed by atoms with van der Waals surface area (Å²) >= 11 is 0. The van der Waals surface area contributed by atoms with Gasteiger partial charge in [-0.1, -0.05) is 31.9 Å². The van der Waals surface area contributed by atoms with Crippen LogP contribution in [0.3, 0.4) is 0 Å². The fraction of sp³-hybridized carbons (Fsp3) is 0.471. The highest BCUT2D eigenvalue weighted by Crippen LogP contribution is 2.23. The van der Waals surface area contributed by atoms with E-state index in [1.54, 1.807) is 0 Å². The van der Waals surface area contributed by atoms with Crippen LogP contribution in [0, 0.1) is 11.7 Å². The van der Waals surface area contributed by atoms with E-state index in [2.05, 4.69) is 17.6 Å². The first-order valence-corrected chi connectivity index (χ1v) is 7.99. The van der Waals surface area contributed by atoms with E-state index in [0.717, 1.165) is 31.7 Å². The fourth-order valence-corrected chi connectivity index (χ4v) is 2.73. The van der Waals surface area contributed by atoms with E-state index in [1.165, 1.54) is 18.2 Å². The molecule has 2 atom stereocenters. The van der Waals surface area contributed by atoms with Crippen LogP contribution in [-0.2, 0) is 9.53 Å². The topological polar surface area (TPSA) is 84.5 Å². The van der Waals surface area contributed by atoms with Crippen molar-refractivity contribution in [2.45, 2.75) is 38.6 Å². The van der Waals surface area contributed by atoms with Crippen molar-refractivity contribution in [2.24, 2.45) is 5.92 Å². The normalized spacial score (nSPS) is 20.1. The molecule has 0 spiro atoms. The maximum atomic E-state index is 13.4. The molecule has 1 aliphatic carbocycles. The monoisotopic (exact) mass is 336 g/mol. The molecule has 0 bridgehead atoms. The Bertz CT molecular complexity index is 620. The molecule has 130 valence electrons. The average Bonchev–Trinajstić information content (AvgIpc) is 2.55. The van der Waals surface area contributed by atoms with Gasteiger partial charge in [-0.15, -0.1) is 0 Å². The number of imide groups is 1. The van der Waals surface area contributed by atoms with Gasteiger partial charge in [-0.3, -0.25) is 10.1 Å². The highest BCUT2D eigenvalue weighted by atomic mass is 19.1. The third kappa shape index (κ3) is 5.04. The predicted molar refractivity (Wildman–Crippen MR) is 84.8 cm³/mol. The van der Waals surface area contributed by atoms with Crippen molar-refractivity contribution in [3.05, 3.63) is 35.6 Å². The molecule has 0 radical (unpaired) electrons. The number of amides is 3. The zero-order valence-electron chi connectivity index (χ0n) is 13.5. The van der Waals surface area contributed by atoms with Gasteiger partial charge in [-0.2, -0.15) is 0 Å². The van der Waals surface area contributed by atoms with E-state index >= 15 is 0 Å². The number of nitrogens with one attached hydrogen (secondary N) is 2. The maximum absolute atomic E-state index is 13.4. The lowest BCUT2D eigenvalue weighted by Gasteiger charge is -2.29. The second-order valence-electron chi connectivity index (χ2n) is 5.95. The molecule has 0 aliphatic heterocycles. The fourth-order valence-electron chi connectivity index (χ4n) is 2.73. The van der Waals surface area contributed by atoms with Gasteiger partial charge in [0.15, 0.2) is 6.61 Å². The van der Waals surface area contributed by atoms with Crippen LogP contribution in [0.1, 0.15) is 43.0 Å². The van der Waals surface area contributed by atoms with Crippen molar-refractivity contribution in [2.75, 3.05) is 6.61 Å². The van der Waals surface area contributed by atoms with E-state index in [1.807, 2.05) is 0 Å². The minimum absolute atomic E-state index is 0.0347. The number of halogens is 1. The van der Waals surface area contributed by atoms with Crippen LogP contribution < -0.4 is 10.6 Å². The van der Waals surface area contributed by atoms with Gasteiger partial charge in [0.1, 0.15) is 5.82 Å². The Labute approximate surface area is 139 Å². The van der Waals surface area contributed by atoms with E-state index in [-0.39, 0.29) is 11.6 Å². The van der Waals surface area contributed by atoms with E-state index in [0.29, 0.717) is 5.92 Å². The van der Waals surface area contributed by atoms with Crippen molar-refractivity contribution in [3.8, 4) is 0 Å². The number of hydrogen-bond donors (Lipinski definition) is 2. The van der Waals surface area contributed by atoms with Gasteiger partial charge < -0.3 is 10.1 Å². The summed E-state index contributed by atoms with van der Waals surface area (Å²) in [5, 5.41) is 4.87. The third-order valence-electron chi connectivity index (χ3n) is 4.11. The number of esters is 1. The molecule has 0 saturated heterocycles. The molecule has 1 saturated carbocycles. The molecular formula is C17H21FN2O4. The molecule has 1 aromatic carbocycles. The molecule has 1 aliphatic rings. The van der Waals surface area contributed by atoms with Crippen LogP contribution in [0.5, 0.6) is 0 Å². The summed E-state index contributed by atoms with van der Waals surface area (Å²) < 4.78 is 18.1. The molecule has 6 nitrogen and oxygen atoms in total. The van der Waals surface area contributed by atoms with Gasteiger partial charge in [0.25, 0.3) is 5.91 Å². The zero-order chi connectivity index (χ0) is 17.5. The van der Waals surface area contributed by atoms with Gasteiger partial charge in [-0.05, 0) is 30.9 Å². The molecule has 0 aromatic heterocycles. The second kappa shape index (κ2) is 8.42. The van der Waals surface area contributed by atoms with Crippen LogP contribution in [0.4, 0.5) is 9.18 Å². The average molecular weight is 336 g/mol. The van der Waals surface area contributed by atoms with Crippen molar-refractivity contribution >= 4 is 17.9 Å². The summed E-state index contributed by atoms with van der Waals surface area (Å²) in [6.07, 6.45) is 4.11.